The van der Waals surface area contributed by atoms with Gasteiger partial charge >= 0.3 is 0 Å². The highest BCUT2D eigenvalue weighted by Gasteiger charge is 2.01. The average molecular weight is 286 g/mol. The molecule has 0 fully saturated rings. The van der Waals surface area contributed by atoms with Crippen LogP contribution in [0.3, 0.4) is 0 Å². The van der Waals surface area contributed by atoms with Gasteiger partial charge in [0.2, 0.25) is 0 Å². The molecule has 0 aliphatic carbocycles. The Morgan fingerprint density at radius 1 is 1.47 bits per heavy atom. The fourth-order valence-corrected chi connectivity index (χ4v) is 2.37. The number of hydrogen-bond donors (Lipinski definition) is 1. The number of nitrogens with zero attached hydrogens (tertiary/aromatic N) is 2. The van der Waals surface area contributed by atoms with Crippen LogP contribution in [0.4, 0.5) is 5.82 Å². The third kappa shape index (κ3) is 3.19. The summed E-state index contributed by atoms with van der Waals surface area (Å²) in [7, 11) is 0. The summed E-state index contributed by atoms with van der Waals surface area (Å²) in [5, 5.41) is 7.04. The Hall–Kier alpha value is -1.10. The first kappa shape index (κ1) is 12.4. The molecule has 0 amide bonds. The Labute approximate surface area is 113 Å². The van der Waals surface area contributed by atoms with Crippen LogP contribution in [-0.2, 0) is 0 Å². The summed E-state index contributed by atoms with van der Waals surface area (Å²) in [4.78, 5) is 5.13. The molecule has 0 radical (unpaired) electrons. The normalized spacial score (nSPS) is 11.0. The molecule has 0 saturated heterocycles. The van der Waals surface area contributed by atoms with Gasteiger partial charge in [-0.1, -0.05) is 23.2 Å². The van der Waals surface area contributed by atoms with Crippen LogP contribution < -0.4 is 5.43 Å². The molecular weight excluding hydrogens is 277 g/mol. The minimum Gasteiger partial charge on any atom is -0.260 e. The van der Waals surface area contributed by atoms with Gasteiger partial charge in [0.25, 0.3) is 0 Å². The lowest BCUT2D eigenvalue weighted by molar-refractivity contribution is 1.23. The van der Waals surface area contributed by atoms with E-state index in [4.69, 9.17) is 23.2 Å². The molecule has 0 saturated carbocycles. The van der Waals surface area contributed by atoms with E-state index in [0.717, 1.165) is 4.88 Å². The highest BCUT2D eigenvalue weighted by Crippen LogP contribution is 2.22. The lowest BCUT2D eigenvalue weighted by Gasteiger charge is -2.01. The molecule has 0 aromatic carbocycles. The van der Waals surface area contributed by atoms with Crippen LogP contribution in [-0.4, -0.2) is 11.2 Å². The Kier molecular flexibility index (Phi) is 3.99. The molecular formula is C11H9Cl2N3S. The van der Waals surface area contributed by atoms with Crippen molar-refractivity contribution in [2.75, 3.05) is 5.43 Å². The number of aromatic nitrogens is 1. The minimum absolute atomic E-state index is 0.442. The van der Waals surface area contributed by atoms with Gasteiger partial charge < -0.3 is 0 Å². The first-order valence-corrected chi connectivity index (χ1v) is 6.44. The first-order chi connectivity index (χ1) is 8.16. The molecule has 0 unspecified atom stereocenters. The number of halogens is 2. The molecule has 0 atom stereocenters. The van der Waals surface area contributed by atoms with E-state index in [1.54, 1.807) is 23.6 Å². The first-order valence-electron chi connectivity index (χ1n) is 4.81. The number of pyridine rings is 1. The zero-order chi connectivity index (χ0) is 12.3. The summed E-state index contributed by atoms with van der Waals surface area (Å²) < 4.78 is 0. The molecule has 0 aliphatic heterocycles. The van der Waals surface area contributed by atoms with E-state index in [9.17, 15) is 0 Å². The van der Waals surface area contributed by atoms with Crippen molar-refractivity contribution < 1.29 is 0 Å². The van der Waals surface area contributed by atoms with Crippen molar-refractivity contribution in [2.45, 2.75) is 6.92 Å². The summed E-state index contributed by atoms with van der Waals surface area (Å²) in [5.41, 5.74) is 3.97. The van der Waals surface area contributed by atoms with Gasteiger partial charge in [0.05, 0.1) is 16.3 Å². The number of hydrogen-bond acceptors (Lipinski definition) is 4. The van der Waals surface area contributed by atoms with E-state index in [0.29, 0.717) is 15.9 Å². The number of anilines is 1. The number of hydrazone groups is 1. The lowest BCUT2D eigenvalue weighted by atomic mass is 10.3. The molecule has 0 bridgehead atoms. The van der Waals surface area contributed by atoms with Crippen molar-refractivity contribution in [3.05, 3.63) is 44.2 Å². The maximum absolute atomic E-state index is 5.94. The second kappa shape index (κ2) is 5.49. The predicted molar refractivity (Wildman–Crippen MR) is 74.5 cm³/mol. The van der Waals surface area contributed by atoms with Crippen LogP contribution in [0.15, 0.2) is 28.8 Å². The molecule has 88 valence electrons. The monoisotopic (exact) mass is 285 g/mol. The van der Waals surface area contributed by atoms with Gasteiger partial charge in [-0.05, 0) is 30.0 Å². The van der Waals surface area contributed by atoms with Gasteiger partial charge in [-0.3, -0.25) is 5.43 Å². The van der Waals surface area contributed by atoms with Gasteiger partial charge in [-0.15, -0.1) is 11.3 Å². The third-order valence-electron chi connectivity index (χ3n) is 2.06. The third-order valence-corrected chi connectivity index (χ3v) is 3.51. The molecule has 2 aromatic heterocycles. The molecule has 6 heteroatoms. The summed E-state index contributed by atoms with van der Waals surface area (Å²) in [5.74, 6) is 0.488. The fourth-order valence-electron chi connectivity index (χ4n) is 1.17. The highest BCUT2D eigenvalue weighted by atomic mass is 35.5. The smallest absolute Gasteiger partial charge is 0.165 e. The quantitative estimate of drug-likeness (QED) is 0.678. The molecule has 2 heterocycles. The molecule has 2 aromatic rings. The molecule has 0 aliphatic rings. The van der Waals surface area contributed by atoms with Crippen molar-refractivity contribution in [2.24, 2.45) is 5.10 Å². The van der Waals surface area contributed by atoms with Crippen LogP contribution >= 0.6 is 34.5 Å². The number of rotatable bonds is 3. The van der Waals surface area contributed by atoms with E-state index in [1.807, 2.05) is 18.4 Å². The fraction of sp³-hybridized carbons (Fsp3) is 0.0909. The summed E-state index contributed by atoms with van der Waals surface area (Å²) in [6.45, 7) is 2.03. The van der Waals surface area contributed by atoms with E-state index >= 15 is 0 Å². The Morgan fingerprint density at radius 3 is 2.94 bits per heavy atom. The molecule has 1 N–H and O–H groups in total. The lowest BCUT2D eigenvalue weighted by Crippen LogP contribution is -1.94. The Morgan fingerprint density at radius 2 is 2.29 bits per heavy atom. The summed E-state index contributed by atoms with van der Waals surface area (Å²) in [6, 6.07) is 3.66. The number of aryl methyl sites for hydroxylation is 1. The second-order valence-corrected chi connectivity index (χ2v) is 5.11. The van der Waals surface area contributed by atoms with Crippen LogP contribution in [0, 0.1) is 6.92 Å². The van der Waals surface area contributed by atoms with Gasteiger partial charge in [-0.25, -0.2) is 4.98 Å². The zero-order valence-electron chi connectivity index (χ0n) is 8.95. The Balaban J connectivity index is 2.07. The van der Waals surface area contributed by atoms with Crippen LogP contribution in [0.1, 0.15) is 10.4 Å². The summed E-state index contributed by atoms with van der Waals surface area (Å²) >= 11 is 13.3. The van der Waals surface area contributed by atoms with Gasteiger partial charge in [0, 0.05) is 11.1 Å². The molecule has 0 spiro atoms. The number of thiophene rings is 1. The zero-order valence-corrected chi connectivity index (χ0v) is 11.3. The molecule has 17 heavy (non-hydrogen) atoms. The van der Waals surface area contributed by atoms with Crippen molar-refractivity contribution in [1.29, 1.82) is 0 Å². The topological polar surface area (TPSA) is 37.3 Å². The van der Waals surface area contributed by atoms with E-state index < -0.39 is 0 Å². The maximum atomic E-state index is 5.94. The standard InChI is InChI=1S/C11H9Cl2N3S/c1-7-2-3-17-10(7)6-15-16-11-9(13)4-8(12)5-14-11/h2-6H,1H3,(H,14,16)/b15-6-. The van der Waals surface area contributed by atoms with E-state index in [-0.39, 0.29) is 0 Å². The van der Waals surface area contributed by atoms with Crippen molar-refractivity contribution >= 4 is 46.6 Å². The van der Waals surface area contributed by atoms with E-state index in [1.165, 1.54) is 11.8 Å². The van der Waals surface area contributed by atoms with E-state index in [2.05, 4.69) is 15.5 Å². The second-order valence-electron chi connectivity index (χ2n) is 3.32. The highest BCUT2D eigenvalue weighted by molar-refractivity contribution is 7.11. The largest absolute Gasteiger partial charge is 0.260 e. The minimum atomic E-state index is 0.442. The van der Waals surface area contributed by atoms with Crippen molar-refractivity contribution in [3.8, 4) is 0 Å². The number of nitrogens with one attached hydrogen (secondary N) is 1. The van der Waals surface area contributed by atoms with Gasteiger partial charge in [0.15, 0.2) is 5.82 Å². The SMILES string of the molecule is Cc1ccsc1/C=N\Nc1ncc(Cl)cc1Cl. The van der Waals surface area contributed by atoms with Crippen LogP contribution in [0.5, 0.6) is 0 Å². The molecule has 3 nitrogen and oxygen atoms in total. The predicted octanol–water partition coefficient (Wildman–Crippen LogP) is 4.20. The maximum Gasteiger partial charge on any atom is 0.165 e. The van der Waals surface area contributed by atoms with Gasteiger partial charge in [-0.2, -0.15) is 5.10 Å². The average Bonchev–Trinajstić information content (AvgIpc) is 2.68. The van der Waals surface area contributed by atoms with Gasteiger partial charge in [0.1, 0.15) is 0 Å². The summed E-state index contributed by atoms with van der Waals surface area (Å²) in [6.07, 6.45) is 3.26. The Bertz CT molecular complexity index is 551. The van der Waals surface area contributed by atoms with Crippen molar-refractivity contribution in [1.82, 2.24) is 4.98 Å². The molecule has 2 rings (SSSR count). The van der Waals surface area contributed by atoms with Crippen molar-refractivity contribution in [3.63, 3.8) is 0 Å². The van der Waals surface area contributed by atoms with Crippen LogP contribution in [0.2, 0.25) is 10.0 Å². The van der Waals surface area contributed by atoms with Crippen LogP contribution in [0.25, 0.3) is 0 Å².